The molecule has 0 N–H and O–H groups in total. The highest BCUT2D eigenvalue weighted by Crippen LogP contribution is 2.51. The molecule has 0 unspecified atom stereocenters. The molecule has 0 radical (unpaired) electrons. The second-order valence-corrected chi connectivity index (χ2v) is 4.55. The maximum Gasteiger partial charge on any atom is 0.197 e. The number of benzene rings is 1. The van der Waals surface area contributed by atoms with E-state index < -0.39 is 35.1 Å². The molecule has 0 fully saturated rings. The minimum absolute atomic E-state index is 0.123. The molecule has 4 rings (SSSR count). The van der Waals surface area contributed by atoms with E-state index in [2.05, 4.69) is 0 Å². The zero-order chi connectivity index (χ0) is 13.0. The van der Waals surface area contributed by atoms with E-state index in [9.17, 15) is 17.6 Å². The van der Waals surface area contributed by atoms with Crippen LogP contribution in [0.3, 0.4) is 0 Å². The second kappa shape index (κ2) is 3.58. The van der Waals surface area contributed by atoms with Crippen LogP contribution in [0.25, 0.3) is 0 Å². The van der Waals surface area contributed by atoms with Gasteiger partial charge in [0.1, 0.15) is 0 Å². The van der Waals surface area contributed by atoms with Gasteiger partial charge in [0.25, 0.3) is 0 Å². The maximum absolute atomic E-state index is 13.8. The van der Waals surface area contributed by atoms with Gasteiger partial charge in [-0.1, -0.05) is 6.08 Å². The lowest BCUT2D eigenvalue weighted by Crippen LogP contribution is -2.25. The molecule has 2 bridgehead atoms. The lowest BCUT2D eigenvalue weighted by molar-refractivity contribution is 0.376. The van der Waals surface area contributed by atoms with Crippen LogP contribution < -0.4 is 0 Å². The van der Waals surface area contributed by atoms with Gasteiger partial charge >= 0.3 is 0 Å². The molecule has 0 spiro atoms. The van der Waals surface area contributed by atoms with Crippen LogP contribution in [0.2, 0.25) is 0 Å². The van der Waals surface area contributed by atoms with Crippen LogP contribution in [-0.4, -0.2) is 0 Å². The molecule has 2 atom stereocenters. The van der Waals surface area contributed by atoms with Gasteiger partial charge in [-0.2, -0.15) is 5.26 Å². The fourth-order valence-corrected chi connectivity index (χ4v) is 2.93. The zero-order valence-corrected chi connectivity index (χ0v) is 9.11. The second-order valence-electron chi connectivity index (χ2n) is 4.55. The van der Waals surface area contributed by atoms with E-state index in [0.29, 0.717) is 18.4 Å². The third-order valence-corrected chi connectivity index (χ3v) is 3.71. The van der Waals surface area contributed by atoms with Crippen molar-refractivity contribution in [3.63, 3.8) is 0 Å². The number of fused-ring (bicyclic) bond motifs is 1. The van der Waals surface area contributed by atoms with Crippen LogP contribution >= 0.6 is 0 Å². The van der Waals surface area contributed by atoms with Crippen molar-refractivity contribution in [2.75, 3.05) is 0 Å². The normalized spacial score (nSPS) is 24.5. The fraction of sp³-hybridized carbons (Fsp3) is 0.308. The van der Waals surface area contributed by atoms with Crippen LogP contribution in [0, 0.1) is 34.6 Å². The molecule has 1 aromatic rings. The first kappa shape index (κ1) is 11.3. The topological polar surface area (TPSA) is 23.8 Å². The summed E-state index contributed by atoms with van der Waals surface area (Å²) in [5, 5.41) is 8.92. The summed E-state index contributed by atoms with van der Waals surface area (Å²) >= 11 is 0. The molecule has 3 aliphatic carbocycles. The minimum atomic E-state index is -1.80. The number of hydrogen-bond donors (Lipinski definition) is 0. The third-order valence-electron chi connectivity index (χ3n) is 3.71. The van der Waals surface area contributed by atoms with Crippen molar-refractivity contribution >= 4 is 0 Å². The largest absolute Gasteiger partial charge is 0.203 e. The molecular formula is C13H7F4N. The van der Waals surface area contributed by atoms with Crippen molar-refractivity contribution < 1.29 is 17.6 Å². The summed E-state index contributed by atoms with van der Waals surface area (Å²) in [6.45, 7) is 0. The van der Waals surface area contributed by atoms with E-state index >= 15 is 0 Å². The Bertz CT molecular complexity index is 627. The summed E-state index contributed by atoms with van der Waals surface area (Å²) < 4.78 is 53.9. The minimum Gasteiger partial charge on any atom is -0.203 e. The summed E-state index contributed by atoms with van der Waals surface area (Å²) in [5.41, 5.74) is 0.00593. The molecule has 0 aliphatic heterocycles. The quantitative estimate of drug-likeness (QED) is 0.393. The molecule has 0 amide bonds. The molecule has 0 saturated heterocycles. The Labute approximate surface area is 100 Å². The molecule has 0 aromatic heterocycles. The Kier molecular flexibility index (Phi) is 2.24. The highest BCUT2D eigenvalue weighted by atomic mass is 19.2. The van der Waals surface area contributed by atoms with Crippen molar-refractivity contribution in [2.24, 2.45) is 0 Å². The van der Waals surface area contributed by atoms with Gasteiger partial charge in [-0.25, -0.2) is 17.6 Å². The molecular weight excluding hydrogens is 246 g/mol. The van der Waals surface area contributed by atoms with Crippen LogP contribution in [0.15, 0.2) is 11.6 Å². The standard InChI is InChI=1S/C13H7F4N/c14-10-8-5-1-2-7(6(3-5)4-18)9(8)11(15)13(17)12(10)16/h3,5,7H,1-2H2/t5-,7-/m0/s1. The average molecular weight is 253 g/mol. The lowest BCUT2D eigenvalue weighted by atomic mass is 9.67. The Morgan fingerprint density at radius 2 is 1.56 bits per heavy atom. The number of nitriles is 1. The zero-order valence-electron chi connectivity index (χ0n) is 9.11. The van der Waals surface area contributed by atoms with E-state index in [1.54, 1.807) is 0 Å². The van der Waals surface area contributed by atoms with E-state index in [0.717, 1.165) is 0 Å². The number of hydrogen-bond acceptors (Lipinski definition) is 1. The Hall–Kier alpha value is -1.83. The lowest BCUT2D eigenvalue weighted by Gasteiger charge is -2.36. The van der Waals surface area contributed by atoms with Crippen LogP contribution in [0.4, 0.5) is 17.6 Å². The summed E-state index contributed by atoms with van der Waals surface area (Å²) in [6, 6.07) is 1.91. The number of halogens is 4. The Morgan fingerprint density at radius 3 is 2.17 bits per heavy atom. The highest BCUT2D eigenvalue weighted by molar-refractivity contribution is 5.53. The first-order valence-corrected chi connectivity index (χ1v) is 5.53. The summed E-state index contributed by atoms with van der Waals surface area (Å²) in [4.78, 5) is 0. The monoisotopic (exact) mass is 253 g/mol. The number of nitrogens with zero attached hydrogens (tertiary/aromatic N) is 1. The van der Waals surface area contributed by atoms with Gasteiger partial charge in [-0.3, -0.25) is 0 Å². The molecule has 1 nitrogen and oxygen atoms in total. The molecule has 18 heavy (non-hydrogen) atoms. The van der Waals surface area contributed by atoms with E-state index in [1.807, 2.05) is 6.07 Å². The third kappa shape index (κ3) is 1.20. The van der Waals surface area contributed by atoms with Crippen molar-refractivity contribution in [3.8, 4) is 6.07 Å². The van der Waals surface area contributed by atoms with Crippen LogP contribution in [0.1, 0.15) is 35.8 Å². The van der Waals surface area contributed by atoms with Gasteiger partial charge in [0, 0.05) is 28.5 Å². The first-order valence-electron chi connectivity index (χ1n) is 5.53. The van der Waals surface area contributed by atoms with E-state index in [-0.39, 0.29) is 11.1 Å². The Morgan fingerprint density at radius 1 is 0.944 bits per heavy atom. The smallest absolute Gasteiger partial charge is 0.197 e. The van der Waals surface area contributed by atoms with Gasteiger partial charge < -0.3 is 0 Å². The first-order chi connectivity index (χ1) is 8.56. The van der Waals surface area contributed by atoms with Gasteiger partial charge in [-0.05, 0) is 12.8 Å². The predicted molar refractivity (Wildman–Crippen MR) is 54.7 cm³/mol. The van der Waals surface area contributed by atoms with Gasteiger partial charge in [0.2, 0.25) is 0 Å². The number of rotatable bonds is 0. The van der Waals surface area contributed by atoms with E-state index in [4.69, 9.17) is 5.26 Å². The molecule has 92 valence electrons. The van der Waals surface area contributed by atoms with E-state index in [1.165, 1.54) is 6.08 Å². The molecule has 3 aliphatic rings. The maximum atomic E-state index is 13.8. The SMILES string of the molecule is N#CC1=C[C@@H]2CC[C@@H]1c1c(F)c(F)c(F)c(F)c12. The average Bonchev–Trinajstić information content (AvgIpc) is 2.42. The van der Waals surface area contributed by atoms with Gasteiger partial charge in [-0.15, -0.1) is 0 Å². The van der Waals surface area contributed by atoms with Crippen molar-refractivity contribution in [1.82, 2.24) is 0 Å². The predicted octanol–water partition coefficient (Wildman–Crippen LogP) is 3.67. The van der Waals surface area contributed by atoms with Gasteiger partial charge in [0.15, 0.2) is 23.3 Å². The number of allylic oxidation sites excluding steroid dienone is 2. The molecule has 0 saturated carbocycles. The summed E-state index contributed by atoms with van der Waals surface area (Å²) in [5.74, 6) is -7.45. The van der Waals surface area contributed by atoms with Crippen molar-refractivity contribution in [3.05, 3.63) is 46.0 Å². The fourth-order valence-electron chi connectivity index (χ4n) is 2.93. The van der Waals surface area contributed by atoms with Crippen LogP contribution in [0.5, 0.6) is 0 Å². The summed E-state index contributed by atoms with van der Waals surface area (Å²) in [7, 11) is 0. The van der Waals surface area contributed by atoms with Crippen LogP contribution in [-0.2, 0) is 0 Å². The van der Waals surface area contributed by atoms with Crippen molar-refractivity contribution in [2.45, 2.75) is 24.7 Å². The summed E-state index contributed by atoms with van der Waals surface area (Å²) in [6.07, 6.45) is 2.50. The highest BCUT2D eigenvalue weighted by Gasteiger charge is 2.41. The Balaban J connectivity index is 2.36. The molecule has 0 heterocycles. The molecule has 5 heteroatoms. The van der Waals surface area contributed by atoms with Gasteiger partial charge in [0.05, 0.1) is 6.07 Å². The molecule has 1 aromatic carbocycles. The van der Waals surface area contributed by atoms with Crippen molar-refractivity contribution in [1.29, 1.82) is 5.26 Å².